The number of benzene rings is 1. The lowest BCUT2D eigenvalue weighted by Gasteiger charge is -2.21. The molecule has 1 aromatic carbocycles. The maximum absolute atomic E-state index is 11.9. The second-order valence-corrected chi connectivity index (χ2v) is 6.56. The normalized spacial score (nSPS) is 19.8. The van der Waals surface area contributed by atoms with Crippen LogP contribution in [-0.4, -0.2) is 54.5 Å². The van der Waals surface area contributed by atoms with Crippen LogP contribution in [0, 0.1) is 11.3 Å². The predicted molar refractivity (Wildman–Crippen MR) is 88.7 cm³/mol. The maximum Gasteiger partial charge on any atom is 0.234 e. The molecule has 0 atom stereocenters. The van der Waals surface area contributed by atoms with Crippen molar-refractivity contribution in [2.24, 2.45) is 0 Å². The van der Waals surface area contributed by atoms with E-state index in [4.69, 9.17) is 5.26 Å². The Hall–Kier alpha value is -1.90. The third-order valence-corrected chi connectivity index (χ3v) is 4.48. The van der Waals surface area contributed by atoms with Gasteiger partial charge in [0, 0.05) is 25.7 Å². The van der Waals surface area contributed by atoms with Crippen molar-refractivity contribution in [1.29, 1.82) is 5.26 Å². The van der Waals surface area contributed by atoms with Gasteiger partial charge in [0.25, 0.3) is 0 Å². The summed E-state index contributed by atoms with van der Waals surface area (Å²) in [6.07, 6.45) is 3.38. The van der Waals surface area contributed by atoms with Crippen LogP contribution in [0.4, 0.5) is 0 Å². The molecule has 1 N–H and O–H groups in total. The molecule has 1 aliphatic carbocycles. The summed E-state index contributed by atoms with van der Waals surface area (Å²) in [5.74, 6) is 0.174. The van der Waals surface area contributed by atoms with E-state index in [2.05, 4.69) is 21.2 Å². The van der Waals surface area contributed by atoms with Gasteiger partial charge in [0.2, 0.25) is 5.91 Å². The monoisotopic (exact) mass is 312 g/mol. The molecule has 0 aromatic heterocycles. The maximum atomic E-state index is 11.9. The highest BCUT2D eigenvalue weighted by Crippen LogP contribution is 2.18. The van der Waals surface area contributed by atoms with Crippen LogP contribution in [0.3, 0.4) is 0 Å². The second kappa shape index (κ2) is 7.58. The van der Waals surface area contributed by atoms with Gasteiger partial charge in [0.15, 0.2) is 0 Å². The number of rotatable bonds is 5. The van der Waals surface area contributed by atoms with Crippen molar-refractivity contribution in [3.8, 4) is 6.07 Å². The molecule has 5 heteroatoms. The minimum absolute atomic E-state index is 0.174. The van der Waals surface area contributed by atoms with Crippen LogP contribution in [0.25, 0.3) is 0 Å². The topological polar surface area (TPSA) is 59.4 Å². The minimum atomic E-state index is 0.174. The zero-order valence-corrected chi connectivity index (χ0v) is 13.5. The zero-order chi connectivity index (χ0) is 16.1. The summed E-state index contributed by atoms with van der Waals surface area (Å²) in [6, 6.07) is 10.4. The Balaban J connectivity index is 1.45. The fraction of sp³-hybridized carbons (Fsp3) is 0.556. The molecule has 0 bridgehead atoms. The molecular weight excluding hydrogens is 288 g/mol. The summed E-state index contributed by atoms with van der Waals surface area (Å²) in [6.45, 7) is 5.41. The van der Waals surface area contributed by atoms with E-state index in [9.17, 15) is 4.79 Å². The van der Waals surface area contributed by atoms with Gasteiger partial charge in [-0.05, 0) is 50.0 Å². The summed E-state index contributed by atoms with van der Waals surface area (Å²) in [5, 5.41) is 11.9. The molecule has 1 saturated heterocycles. The fourth-order valence-corrected chi connectivity index (χ4v) is 2.99. The molecule has 1 aromatic rings. The Labute approximate surface area is 137 Å². The largest absolute Gasteiger partial charge is 0.352 e. The van der Waals surface area contributed by atoms with Crippen molar-refractivity contribution in [3.63, 3.8) is 0 Å². The van der Waals surface area contributed by atoms with Gasteiger partial charge in [0.05, 0.1) is 18.2 Å². The molecule has 1 aliphatic heterocycles. The molecular formula is C18H24N4O. The molecule has 23 heavy (non-hydrogen) atoms. The molecule has 1 saturated carbocycles. The number of hydrogen-bond acceptors (Lipinski definition) is 4. The van der Waals surface area contributed by atoms with Crippen molar-refractivity contribution >= 4 is 5.91 Å². The highest BCUT2D eigenvalue weighted by Gasteiger charge is 2.24. The van der Waals surface area contributed by atoms with Gasteiger partial charge in [-0.25, -0.2) is 0 Å². The molecule has 0 unspecified atom stereocenters. The molecule has 1 heterocycles. The number of hydrogen-bond donors (Lipinski definition) is 1. The average Bonchev–Trinajstić information content (AvgIpc) is 3.37. The Bertz CT molecular complexity index is 574. The first-order valence-corrected chi connectivity index (χ1v) is 8.46. The lowest BCUT2D eigenvalue weighted by atomic mass is 10.1. The van der Waals surface area contributed by atoms with Gasteiger partial charge < -0.3 is 5.32 Å². The van der Waals surface area contributed by atoms with Crippen LogP contribution in [0.1, 0.15) is 30.4 Å². The van der Waals surface area contributed by atoms with Crippen molar-refractivity contribution in [2.75, 3.05) is 32.7 Å². The molecule has 2 fully saturated rings. The van der Waals surface area contributed by atoms with Crippen LogP contribution in [0.2, 0.25) is 0 Å². The van der Waals surface area contributed by atoms with Crippen LogP contribution in [-0.2, 0) is 11.3 Å². The first kappa shape index (κ1) is 16.0. The lowest BCUT2D eigenvalue weighted by molar-refractivity contribution is -0.122. The standard InChI is InChI=1S/C18H24N4O/c19-12-15-2-4-16(5-3-15)13-21-8-1-9-22(11-10-21)14-18(23)20-17-6-7-17/h2-5,17H,1,6-11,13-14H2,(H,20,23). The van der Waals surface area contributed by atoms with E-state index in [1.54, 1.807) is 0 Å². The molecule has 122 valence electrons. The first-order valence-electron chi connectivity index (χ1n) is 8.46. The van der Waals surface area contributed by atoms with Crippen LogP contribution in [0.15, 0.2) is 24.3 Å². The van der Waals surface area contributed by atoms with Gasteiger partial charge in [-0.2, -0.15) is 5.26 Å². The SMILES string of the molecule is N#Cc1ccc(CN2CCCN(CC(=O)NC3CC3)CC2)cc1. The summed E-state index contributed by atoms with van der Waals surface area (Å²) in [4.78, 5) is 16.6. The predicted octanol–water partition coefficient (Wildman–Crippen LogP) is 1.34. The van der Waals surface area contributed by atoms with E-state index < -0.39 is 0 Å². The summed E-state index contributed by atoms with van der Waals surface area (Å²) < 4.78 is 0. The van der Waals surface area contributed by atoms with Crippen molar-refractivity contribution < 1.29 is 4.79 Å². The number of nitrogens with zero attached hydrogens (tertiary/aromatic N) is 3. The fourth-order valence-electron chi connectivity index (χ4n) is 2.99. The number of amides is 1. The molecule has 3 rings (SSSR count). The molecule has 0 spiro atoms. The van der Waals surface area contributed by atoms with Gasteiger partial charge in [0.1, 0.15) is 0 Å². The van der Waals surface area contributed by atoms with E-state index in [0.717, 1.165) is 52.0 Å². The van der Waals surface area contributed by atoms with Crippen molar-refractivity contribution in [2.45, 2.75) is 31.8 Å². The van der Waals surface area contributed by atoms with Crippen molar-refractivity contribution in [1.82, 2.24) is 15.1 Å². The van der Waals surface area contributed by atoms with Crippen LogP contribution < -0.4 is 5.32 Å². The number of carbonyl (C=O) groups excluding carboxylic acids is 1. The Morgan fingerprint density at radius 1 is 1.13 bits per heavy atom. The van der Waals surface area contributed by atoms with Crippen molar-refractivity contribution in [3.05, 3.63) is 35.4 Å². The molecule has 0 radical (unpaired) electrons. The Kier molecular flexibility index (Phi) is 5.27. The van der Waals surface area contributed by atoms with Crippen LogP contribution >= 0.6 is 0 Å². The summed E-state index contributed by atoms with van der Waals surface area (Å²) in [5.41, 5.74) is 1.95. The lowest BCUT2D eigenvalue weighted by Crippen LogP contribution is -2.39. The Morgan fingerprint density at radius 3 is 2.52 bits per heavy atom. The zero-order valence-electron chi connectivity index (χ0n) is 13.5. The third kappa shape index (κ3) is 5.05. The van der Waals surface area contributed by atoms with E-state index in [1.165, 1.54) is 5.56 Å². The van der Waals surface area contributed by atoms with E-state index in [1.807, 2.05) is 24.3 Å². The van der Waals surface area contributed by atoms with Gasteiger partial charge >= 0.3 is 0 Å². The number of carbonyl (C=O) groups is 1. The highest BCUT2D eigenvalue weighted by atomic mass is 16.2. The first-order chi connectivity index (χ1) is 11.2. The molecule has 2 aliphatic rings. The van der Waals surface area contributed by atoms with E-state index in [0.29, 0.717) is 18.2 Å². The van der Waals surface area contributed by atoms with E-state index >= 15 is 0 Å². The molecule has 1 amide bonds. The summed E-state index contributed by atoms with van der Waals surface area (Å²) >= 11 is 0. The van der Waals surface area contributed by atoms with Gasteiger partial charge in [-0.3, -0.25) is 14.6 Å². The van der Waals surface area contributed by atoms with Crippen LogP contribution in [0.5, 0.6) is 0 Å². The highest BCUT2D eigenvalue weighted by molar-refractivity contribution is 5.78. The molecule has 5 nitrogen and oxygen atoms in total. The average molecular weight is 312 g/mol. The summed E-state index contributed by atoms with van der Waals surface area (Å²) in [7, 11) is 0. The smallest absolute Gasteiger partial charge is 0.234 e. The van der Waals surface area contributed by atoms with Gasteiger partial charge in [-0.15, -0.1) is 0 Å². The second-order valence-electron chi connectivity index (χ2n) is 6.56. The third-order valence-electron chi connectivity index (χ3n) is 4.48. The van der Waals surface area contributed by atoms with Gasteiger partial charge in [-0.1, -0.05) is 12.1 Å². The minimum Gasteiger partial charge on any atom is -0.352 e. The Morgan fingerprint density at radius 2 is 1.83 bits per heavy atom. The quantitative estimate of drug-likeness (QED) is 0.891. The number of nitrogens with one attached hydrogen (secondary N) is 1. The number of nitriles is 1. The van der Waals surface area contributed by atoms with E-state index in [-0.39, 0.29) is 5.91 Å².